The Morgan fingerprint density at radius 2 is 1.63 bits per heavy atom. The predicted octanol–water partition coefficient (Wildman–Crippen LogP) is 5.60. The van der Waals surface area contributed by atoms with Crippen LogP contribution in [0.4, 0.5) is 0 Å². The Hall–Kier alpha value is -3.01. The number of fused-ring (bicyclic) bond motifs is 1. The quantitative estimate of drug-likeness (QED) is 0.265. The average molecular weight is 570 g/mol. The monoisotopic (exact) mass is 570 g/mol. The molecule has 30 heavy (non-hydrogen) atoms. The summed E-state index contributed by atoms with van der Waals surface area (Å²) < 4.78 is 4.33. The first-order valence-corrected chi connectivity index (χ1v) is 9.70. The Balaban J connectivity index is 0.00000218. The van der Waals surface area contributed by atoms with E-state index in [0.29, 0.717) is 0 Å². The van der Waals surface area contributed by atoms with Crippen LogP contribution in [0.2, 0.25) is 0 Å². The minimum absolute atomic E-state index is 0. The van der Waals surface area contributed by atoms with E-state index in [1.807, 2.05) is 43.6 Å². The normalized spacial score (nSPS) is 10.9. The van der Waals surface area contributed by atoms with Crippen LogP contribution in [-0.4, -0.2) is 19.1 Å². The van der Waals surface area contributed by atoms with Crippen LogP contribution in [0.15, 0.2) is 73.1 Å². The van der Waals surface area contributed by atoms with Crippen LogP contribution in [-0.2, 0) is 20.1 Å². The zero-order valence-corrected chi connectivity index (χ0v) is 19.4. The first-order valence-electron chi connectivity index (χ1n) is 9.70. The smallest absolute Gasteiger partial charge is 0.0990 e. The maximum absolute atomic E-state index is 4.73. The largest absolute Gasteiger partial charge is 0.340 e. The van der Waals surface area contributed by atoms with Gasteiger partial charge in [-0.3, -0.25) is 9.97 Å². The summed E-state index contributed by atoms with van der Waals surface area (Å²) in [6.07, 6.45) is 3.86. The summed E-state index contributed by atoms with van der Waals surface area (Å²) in [5, 5.41) is 0. The van der Waals surface area contributed by atoms with E-state index in [1.54, 1.807) is 0 Å². The summed E-state index contributed by atoms with van der Waals surface area (Å²) in [5.74, 6) is 1.83. The van der Waals surface area contributed by atoms with Crippen molar-refractivity contribution in [2.24, 2.45) is 0 Å². The minimum Gasteiger partial charge on any atom is -0.340 e. The van der Waals surface area contributed by atoms with Gasteiger partial charge in [0.25, 0.3) is 0 Å². The van der Waals surface area contributed by atoms with E-state index in [4.69, 9.17) is 4.98 Å². The van der Waals surface area contributed by atoms with Crippen molar-refractivity contribution in [2.45, 2.75) is 20.8 Å². The average Bonchev–Trinajstić information content (AvgIpc) is 3.32. The number of imidazole rings is 2. The molecule has 0 aliphatic heterocycles. The number of hydrogen-bond donors (Lipinski definition) is 0. The van der Waals surface area contributed by atoms with Gasteiger partial charge < -0.3 is 9.13 Å². The van der Waals surface area contributed by atoms with Gasteiger partial charge in [-0.15, -0.1) is 23.8 Å². The molecule has 0 aliphatic carbocycles. The van der Waals surface area contributed by atoms with Crippen molar-refractivity contribution in [3.8, 4) is 22.8 Å². The fraction of sp³-hybridized carbons (Fsp3) is 0.120. The molecule has 151 valence electrons. The van der Waals surface area contributed by atoms with Crippen molar-refractivity contribution in [3.63, 3.8) is 0 Å². The van der Waals surface area contributed by atoms with Gasteiger partial charge in [-0.1, -0.05) is 36.4 Å². The number of hydrogen-bond acceptors (Lipinski definition) is 2. The van der Waals surface area contributed by atoms with E-state index in [2.05, 4.69) is 70.4 Å². The van der Waals surface area contributed by atoms with Gasteiger partial charge in [0.2, 0.25) is 0 Å². The van der Waals surface area contributed by atoms with Gasteiger partial charge in [0.05, 0.1) is 11.6 Å². The molecule has 0 amide bonds. The second kappa shape index (κ2) is 8.02. The summed E-state index contributed by atoms with van der Waals surface area (Å²) in [6, 6.07) is 24.2. The topological polar surface area (TPSA) is 35.6 Å². The molecule has 0 N–H and O–H groups in total. The van der Waals surface area contributed by atoms with Crippen molar-refractivity contribution in [3.05, 3.63) is 96.1 Å². The summed E-state index contributed by atoms with van der Waals surface area (Å²) in [4.78, 5) is 9.39. The maximum Gasteiger partial charge on any atom is 0.0990 e. The molecule has 2 heterocycles. The minimum atomic E-state index is 0. The Morgan fingerprint density at radius 3 is 2.37 bits per heavy atom. The number of benzene rings is 3. The van der Waals surface area contributed by atoms with E-state index in [1.165, 1.54) is 16.8 Å². The molecule has 3 aromatic carbocycles. The van der Waals surface area contributed by atoms with Gasteiger partial charge in [-0.2, -0.15) is 0 Å². The molecule has 0 spiro atoms. The van der Waals surface area contributed by atoms with Crippen molar-refractivity contribution in [1.82, 2.24) is 19.1 Å². The van der Waals surface area contributed by atoms with E-state index < -0.39 is 0 Å². The predicted molar refractivity (Wildman–Crippen MR) is 117 cm³/mol. The van der Waals surface area contributed by atoms with Gasteiger partial charge in [0.1, 0.15) is 0 Å². The van der Waals surface area contributed by atoms with Crippen LogP contribution in [0, 0.1) is 26.8 Å². The molecule has 4 nitrogen and oxygen atoms in total. The van der Waals surface area contributed by atoms with Crippen LogP contribution in [0.5, 0.6) is 0 Å². The fourth-order valence-corrected chi connectivity index (χ4v) is 4.04. The van der Waals surface area contributed by atoms with Crippen LogP contribution in [0.1, 0.15) is 17.0 Å². The summed E-state index contributed by atoms with van der Waals surface area (Å²) in [7, 11) is 0. The summed E-state index contributed by atoms with van der Waals surface area (Å²) in [6.45, 7) is 6.30. The van der Waals surface area contributed by atoms with E-state index in [9.17, 15) is 0 Å². The van der Waals surface area contributed by atoms with Crippen molar-refractivity contribution in [1.29, 1.82) is 0 Å². The molecule has 0 saturated heterocycles. The molecule has 2 aromatic heterocycles. The molecule has 0 unspecified atom stereocenters. The van der Waals surface area contributed by atoms with E-state index in [-0.39, 0.29) is 20.1 Å². The molecule has 0 atom stereocenters. The van der Waals surface area contributed by atoms with Gasteiger partial charge in [0, 0.05) is 49.4 Å². The van der Waals surface area contributed by atoms with Gasteiger partial charge >= 0.3 is 0 Å². The zero-order chi connectivity index (χ0) is 20.0. The van der Waals surface area contributed by atoms with E-state index in [0.717, 1.165) is 33.9 Å². The maximum atomic E-state index is 4.73. The van der Waals surface area contributed by atoms with Crippen LogP contribution < -0.4 is 0 Å². The third kappa shape index (κ3) is 3.30. The Bertz CT molecular complexity index is 1310. The molecule has 5 rings (SSSR count). The van der Waals surface area contributed by atoms with E-state index >= 15 is 0 Å². The molecule has 1 radical (unpaired) electrons. The Kier molecular flexibility index (Phi) is 5.42. The van der Waals surface area contributed by atoms with Crippen LogP contribution in [0.3, 0.4) is 0 Å². The second-order valence-electron chi connectivity index (χ2n) is 7.31. The summed E-state index contributed by atoms with van der Waals surface area (Å²) in [5.41, 5.74) is 7.64. The molecule has 0 aliphatic rings. The zero-order valence-electron chi connectivity index (χ0n) is 17.1. The van der Waals surface area contributed by atoms with Gasteiger partial charge in [-0.05, 0) is 49.5 Å². The molecule has 0 bridgehead atoms. The SMILES string of the molecule is Cc1cccc(C)c1-n1ccnc1-c1[c-]cc2nc(C)n(-c3ccccc3)c2c1.[Ir]. The standard InChI is InChI=1S/C25H21N4.Ir/c1-17-8-7-9-18(2)24(17)28-15-14-26-25(28)20-12-13-22-23(16-20)29(19(3)27-22)21-10-5-4-6-11-21;/h4-11,13-16H,1-3H3;/q-1;. The number of nitrogens with zero attached hydrogens (tertiary/aromatic N) is 4. The van der Waals surface area contributed by atoms with Crippen molar-refractivity contribution < 1.29 is 20.1 Å². The number of aromatic nitrogens is 4. The first kappa shape index (κ1) is 20.3. The Morgan fingerprint density at radius 1 is 0.900 bits per heavy atom. The van der Waals surface area contributed by atoms with Gasteiger partial charge in [-0.25, -0.2) is 0 Å². The van der Waals surface area contributed by atoms with Crippen molar-refractivity contribution >= 4 is 11.0 Å². The van der Waals surface area contributed by atoms with Crippen molar-refractivity contribution in [2.75, 3.05) is 0 Å². The molecule has 0 saturated carbocycles. The van der Waals surface area contributed by atoms with Gasteiger partial charge in [0.15, 0.2) is 0 Å². The number of rotatable bonds is 3. The Labute approximate surface area is 189 Å². The third-order valence-corrected chi connectivity index (χ3v) is 5.33. The third-order valence-electron chi connectivity index (χ3n) is 5.33. The molecular formula is C25H21IrN4-. The number of para-hydroxylation sites is 2. The van der Waals surface area contributed by atoms with Crippen LogP contribution in [0.25, 0.3) is 33.8 Å². The fourth-order valence-electron chi connectivity index (χ4n) is 4.04. The molecule has 0 fully saturated rings. The van der Waals surface area contributed by atoms with Crippen LogP contribution >= 0.6 is 0 Å². The second-order valence-corrected chi connectivity index (χ2v) is 7.31. The first-order chi connectivity index (χ1) is 14.1. The summed E-state index contributed by atoms with van der Waals surface area (Å²) >= 11 is 0. The number of aryl methyl sites for hydroxylation is 3. The molecular weight excluding hydrogens is 549 g/mol. The molecule has 5 aromatic rings. The molecule has 5 heteroatoms.